The maximum atomic E-state index is 11.8. The Balaban J connectivity index is 1.56. The summed E-state index contributed by atoms with van der Waals surface area (Å²) in [5.41, 5.74) is 0. The molecule has 0 aromatic rings. The summed E-state index contributed by atoms with van der Waals surface area (Å²) >= 11 is 0. The summed E-state index contributed by atoms with van der Waals surface area (Å²) < 4.78 is 0. The van der Waals surface area contributed by atoms with Gasteiger partial charge < -0.3 is 15.5 Å². The number of amides is 2. The normalized spacial score (nSPS) is 23.4. The Bertz CT molecular complexity index is 308. The van der Waals surface area contributed by atoms with Crippen molar-refractivity contribution in [3.8, 4) is 0 Å². The van der Waals surface area contributed by atoms with Crippen LogP contribution in [0.3, 0.4) is 0 Å². The molecule has 2 rings (SSSR count). The van der Waals surface area contributed by atoms with E-state index in [1.165, 1.54) is 12.8 Å². The Morgan fingerprint density at radius 2 is 1.95 bits per heavy atom. The van der Waals surface area contributed by atoms with Crippen LogP contribution in [0.5, 0.6) is 0 Å². The molecule has 2 saturated heterocycles. The van der Waals surface area contributed by atoms with Gasteiger partial charge in [-0.2, -0.15) is 0 Å². The summed E-state index contributed by atoms with van der Waals surface area (Å²) in [6, 6.07) is 0.322. The molecule has 0 aromatic carbocycles. The Morgan fingerprint density at radius 1 is 1.16 bits per heavy atom. The summed E-state index contributed by atoms with van der Waals surface area (Å²) in [6.45, 7) is 3.27. The molecule has 0 spiro atoms. The minimum absolute atomic E-state index is 0.0635. The molecular weight excluding hydrogens is 242 g/mol. The summed E-state index contributed by atoms with van der Waals surface area (Å²) in [7, 11) is 0. The Morgan fingerprint density at radius 3 is 2.63 bits per heavy atom. The fourth-order valence-electron chi connectivity index (χ4n) is 2.83. The Hall–Kier alpha value is -1.10. The van der Waals surface area contributed by atoms with Crippen LogP contribution < -0.4 is 10.6 Å². The number of hydrogen-bond acceptors (Lipinski definition) is 3. The molecule has 5 nitrogen and oxygen atoms in total. The topological polar surface area (TPSA) is 61.4 Å². The van der Waals surface area contributed by atoms with Crippen LogP contribution in [0, 0.1) is 0 Å². The average Bonchev–Trinajstić information content (AvgIpc) is 2.93. The molecule has 0 radical (unpaired) electrons. The summed E-state index contributed by atoms with van der Waals surface area (Å²) in [5.74, 6) is 0.238. The van der Waals surface area contributed by atoms with Crippen LogP contribution in [0.15, 0.2) is 0 Å². The van der Waals surface area contributed by atoms with E-state index < -0.39 is 0 Å². The first-order valence-corrected chi connectivity index (χ1v) is 7.53. The standard InChI is InChI=1S/C14H25N3O2/c18-13(11-12-5-1-2-7-15-12)16-8-6-14(19)17-9-3-4-10-17/h12,15H,1-11H2,(H,16,18). The lowest BCUT2D eigenvalue weighted by Crippen LogP contribution is -2.39. The summed E-state index contributed by atoms with van der Waals surface area (Å²) in [5, 5.41) is 6.22. The lowest BCUT2D eigenvalue weighted by atomic mass is 10.0. The van der Waals surface area contributed by atoms with Gasteiger partial charge in [-0.15, -0.1) is 0 Å². The number of hydrogen-bond donors (Lipinski definition) is 2. The summed E-state index contributed by atoms with van der Waals surface area (Å²) in [4.78, 5) is 25.4. The van der Waals surface area contributed by atoms with Gasteiger partial charge in [-0.25, -0.2) is 0 Å². The zero-order chi connectivity index (χ0) is 13.5. The molecule has 19 heavy (non-hydrogen) atoms. The third-order valence-electron chi connectivity index (χ3n) is 3.96. The Labute approximate surface area is 115 Å². The van der Waals surface area contributed by atoms with E-state index in [0.717, 1.165) is 38.9 Å². The third-order valence-corrected chi connectivity index (χ3v) is 3.96. The van der Waals surface area contributed by atoms with Gasteiger partial charge in [0.15, 0.2) is 0 Å². The number of likely N-dealkylation sites (tertiary alicyclic amines) is 1. The van der Waals surface area contributed by atoms with Crippen LogP contribution in [0.25, 0.3) is 0 Å². The van der Waals surface area contributed by atoms with E-state index in [1.807, 2.05) is 4.90 Å². The molecule has 0 saturated carbocycles. The lowest BCUT2D eigenvalue weighted by molar-refractivity contribution is -0.130. The van der Waals surface area contributed by atoms with Crippen molar-refractivity contribution in [1.29, 1.82) is 0 Å². The van der Waals surface area contributed by atoms with E-state index >= 15 is 0 Å². The van der Waals surface area contributed by atoms with Crippen molar-refractivity contribution in [2.45, 2.75) is 51.0 Å². The number of piperidine rings is 1. The highest BCUT2D eigenvalue weighted by Crippen LogP contribution is 2.10. The molecule has 2 heterocycles. The fourth-order valence-corrected chi connectivity index (χ4v) is 2.83. The maximum Gasteiger partial charge on any atom is 0.224 e. The van der Waals surface area contributed by atoms with E-state index in [2.05, 4.69) is 10.6 Å². The molecule has 2 aliphatic rings. The van der Waals surface area contributed by atoms with Crippen LogP contribution in [-0.4, -0.2) is 48.9 Å². The molecular formula is C14H25N3O2. The second-order valence-corrected chi connectivity index (χ2v) is 5.54. The number of nitrogens with zero attached hydrogens (tertiary/aromatic N) is 1. The molecule has 108 valence electrons. The van der Waals surface area contributed by atoms with E-state index in [0.29, 0.717) is 25.4 Å². The predicted octanol–water partition coefficient (Wildman–Crippen LogP) is 0.647. The molecule has 0 aromatic heterocycles. The summed E-state index contributed by atoms with van der Waals surface area (Å²) in [6.07, 6.45) is 6.71. The SMILES string of the molecule is O=C(CC1CCCCN1)NCCC(=O)N1CCCC1. The second kappa shape index (κ2) is 7.48. The predicted molar refractivity (Wildman–Crippen MR) is 73.7 cm³/mol. The highest BCUT2D eigenvalue weighted by molar-refractivity contribution is 5.79. The minimum Gasteiger partial charge on any atom is -0.356 e. The molecule has 2 amide bonds. The highest BCUT2D eigenvalue weighted by atomic mass is 16.2. The highest BCUT2D eigenvalue weighted by Gasteiger charge is 2.18. The molecule has 2 fully saturated rings. The third kappa shape index (κ3) is 4.82. The molecule has 1 unspecified atom stereocenters. The zero-order valence-corrected chi connectivity index (χ0v) is 11.6. The van der Waals surface area contributed by atoms with Crippen molar-refractivity contribution in [1.82, 2.24) is 15.5 Å². The first kappa shape index (κ1) is 14.3. The van der Waals surface area contributed by atoms with Gasteiger partial charge in [-0.3, -0.25) is 9.59 Å². The van der Waals surface area contributed by atoms with Crippen molar-refractivity contribution in [3.63, 3.8) is 0 Å². The van der Waals surface area contributed by atoms with Gasteiger partial charge in [0, 0.05) is 38.5 Å². The van der Waals surface area contributed by atoms with Crippen molar-refractivity contribution < 1.29 is 9.59 Å². The van der Waals surface area contributed by atoms with Crippen molar-refractivity contribution in [3.05, 3.63) is 0 Å². The molecule has 2 aliphatic heterocycles. The van der Waals surface area contributed by atoms with Crippen LogP contribution in [0.4, 0.5) is 0 Å². The largest absolute Gasteiger partial charge is 0.356 e. The average molecular weight is 267 g/mol. The van der Waals surface area contributed by atoms with E-state index in [1.54, 1.807) is 0 Å². The number of nitrogens with one attached hydrogen (secondary N) is 2. The minimum atomic E-state index is 0.0635. The fraction of sp³-hybridized carbons (Fsp3) is 0.857. The van der Waals surface area contributed by atoms with Crippen molar-refractivity contribution in [2.24, 2.45) is 0 Å². The van der Waals surface area contributed by atoms with Gasteiger partial charge in [-0.05, 0) is 32.2 Å². The van der Waals surface area contributed by atoms with Gasteiger partial charge in [0.2, 0.25) is 11.8 Å². The van der Waals surface area contributed by atoms with E-state index in [9.17, 15) is 9.59 Å². The Kier molecular flexibility index (Phi) is 5.63. The van der Waals surface area contributed by atoms with Gasteiger partial charge in [0.25, 0.3) is 0 Å². The van der Waals surface area contributed by atoms with Crippen LogP contribution in [-0.2, 0) is 9.59 Å². The second-order valence-electron chi connectivity index (χ2n) is 5.54. The van der Waals surface area contributed by atoms with Crippen LogP contribution in [0.1, 0.15) is 44.9 Å². The maximum absolute atomic E-state index is 11.8. The van der Waals surface area contributed by atoms with Crippen molar-refractivity contribution in [2.75, 3.05) is 26.2 Å². The zero-order valence-electron chi connectivity index (χ0n) is 11.6. The molecule has 0 aliphatic carbocycles. The van der Waals surface area contributed by atoms with Gasteiger partial charge in [-0.1, -0.05) is 6.42 Å². The van der Waals surface area contributed by atoms with Gasteiger partial charge in [0.1, 0.15) is 0 Å². The van der Waals surface area contributed by atoms with Crippen molar-refractivity contribution >= 4 is 11.8 Å². The van der Waals surface area contributed by atoms with E-state index in [-0.39, 0.29) is 11.8 Å². The molecule has 5 heteroatoms. The smallest absolute Gasteiger partial charge is 0.224 e. The number of rotatable bonds is 5. The quantitative estimate of drug-likeness (QED) is 0.769. The van der Waals surface area contributed by atoms with Crippen LogP contribution >= 0.6 is 0 Å². The lowest BCUT2D eigenvalue weighted by Gasteiger charge is -2.22. The molecule has 2 N–H and O–H groups in total. The van der Waals surface area contributed by atoms with Gasteiger partial charge >= 0.3 is 0 Å². The molecule has 0 bridgehead atoms. The van der Waals surface area contributed by atoms with Crippen LogP contribution in [0.2, 0.25) is 0 Å². The molecule has 1 atom stereocenters. The first-order chi connectivity index (χ1) is 9.25. The number of carbonyl (C=O) groups is 2. The number of carbonyl (C=O) groups excluding carboxylic acids is 2. The van der Waals surface area contributed by atoms with Gasteiger partial charge in [0.05, 0.1) is 0 Å². The first-order valence-electron chi connectivity index (χ1n) is 7.53. The monoisotopic (exact) mass is 267 g/mol. The van der Waals surface area contributed by atoms with E-state index in [4.69, 9.17) is 0 Å².